The zero-order valence-electron chi connectivity index (χ0n) is 20.4. The lowest BCUT2D eigenvalue weighted by Crippen LogP contribution is -2.51. The van der Waals surface area contributed by atoms with Crippen LogP contribution in [0.5, 0.6) is 0 Å². The van der Waals surface area contributed by atoms with Gasteiger partial charge in [-0.3, -0.25) is 14.4 Å². The summed E-state index contributed by atoms with van der Waals surface area (Å²) >= 11 is 0. The molecule has 7 nitrogen and oxygen atoms in total. The van der Waals surface area contributed by atoms with E-state index in [2.05, 4.69) is 71.3 Å². The van der Waals surface area contributed by atoms with Crippen molar-refractivity contribution in [2.45, 2.75) is 44.7 Å². The summed E-state index contributed by atoms with van der Waals surface area (Å²) in [5, 5.41) is 14.6. The Morgan fingerprint density at radius 3 is 1.89 bits per heavy atom. The maximum atomic E-state index is 12.4. The van der Waals surface area contributed by atoms with E-state index in [0.29, 0.717) is 6.54 Å². The number of carboxylic acids is 1. The molecule has 0 spiro atoms. The van der Waals surface area contributed by atoms with E-state index in [0.717, 1.165) is 24.0 Å². The third-order valence-electron chi connectivity index (χ3n) is 6.06. The first kappa shape index (κ1) is 26.6. The molecule has 0 saturated carbocycles. The summed E-state index contributed by atoms with van der Waals surface area (Å²) in [5.41, 5.74) is 11.1. The minimum absolute atomic E-state index is 0.129. The number of amides is 2. The van der Waals surface area contributed by atoms with Gasteiger partial charge in [-0.25, -0.2) is 0 Å². The molecule has 0 aliphatic carbocycles. The molecule has 0 aromatic heterocycles. The molecular formula is C29H33N3O4. The predicted molar refractivity (Wildman–Crippen MR) is 141 cm³/mol. The Labute approximate surface area is 211 Å². The SMILES string of the molecule is CC(NC(=O)C(CCC(=O)O)NCCCc1ccc(-c2ccc(-c3ccccc3)cc2)cc1)C(N)=O. The van der Waals surface area contributed by atoms with Crippen molar-refractivity contribution in [1.82, 2.24) is 10.6 Å². The van der Waals surface area contributed by atoms with Gasteiger partial charge in [-0.05, 0) is 60.5 Å². The first-order valence-corrected chi connectivity index (χ1v) is 12.1. The van der Waals surface area contributed by atoms with Crippen molar-refractivity contribution < 1.29 is 19.5 Å². The van der Waals surface area contributed by atoms with Gasteiger partial charge in [0.05, 0.1) is 6.04 Å². The molecule has 36 heavy (non-hydrogen) atoms. The minimum atomic E-state index is -0.979. The summed E-state index contributed by atoms with van der Waals surface area (Å²) in [7, 11) is 0. The summed E-state index contributed by atoms with van der Waals surface area (Å²) in [4.78, 5) is 34.6. The number of hydrogen-bond donors (Lipinski definition) is 4. The highest BCUT2D eigenvalue weighted by Crippen LogP contribution is 2.25. The van der Waals surface area contributed by atoms with E-state index in [-0.39, 0.29) is 12.8 Å². The number of primary amides is 1. The predicted octanol–water partition coefficient (Wildman–Crippen LogP) is 3.77. The molecule has 0 bridgehead atoms. The fourth-order valence-corrected chi connectivity index (χ4v) is 3.90. The molecule has 0 saturated heterocycles. The molecule has 3 aromatic carbocycles. The van der Waals surface area contributed by atoms with Crippen molar-refractivity contribution in [2.24, 2.45) is 5.73 Å². The quantitative estimate of drug-likeness (QED) is 0.274. The number of aliphatic carboxylic acids is 1. The monoisotopic (exact) mass is 487 g/mol. The van der Waals surface area contributed by atoms with Gasteiger partial charge in [0, 0.05) is 6.42 Å². The number of aryl methyl sites for hydroxylation is 1. The van der Waals surface area contributed by atoms with Gasteiger partial charge in [0.25, 0.3) is 0 Å². The van der Waals surface area contributed by atoms with Crippen molar-refractivity contribution in [3.63, 3.8) is 0 Å². The molecule has 0 aliphatic heterocycles. The van der Waals surface area contributed by atoms with Crippen LogP contribution in [-0.2, 0) is 20.8 Å². The van der Waals surface area contributed by atoms with Gasteiger partial charge in [0.1, 0.15) is 6.04 Å². The lowest BCUT2D eigenvalue weighted by molar-refractivity contribution is -0.137. The summed E-state index contributed by atoms with van der Waals surface area (Å²) in [6.45, 7) is 2.03. The first-order chi connectivity index (χ1) is 17.3. The highest BCUT2D eigenvalue weighted by molar-refractivity contribution is 5.89. The van der Waals surface area contributed by atoms with Crippen LogP contribution < -0.4 is 16.4 Å². The molecule has 0 radical (unpaired) electrons. The first-order valence-electron chi connectivity index (χ1n) is 12.1. The van der Waals surface area contributed by atoms with Crippen molar-refractivity contribution in [1.29, 1.82) is 0 Å². The molecule has 2 unspecified atom stereocenters. The molecule has 0 fully saturated rings. The van der Waals surface area contributed by atoms with Crippen LogP contribution in [0.1, 0.15) is 31.7 Å². The van der Waals surface area contributed by atoms with Crippen LogP contribution in [0.15, 0.2) is 78.9 Å². The van der Waals surface area contributed by atoms with Gasteiger partial charge in [0.15, 0.2) is 0 Å². The number of carboxylic acid groups (broad SMARTS) is 1. The Morgan fingerprint density at radius 1 is 0.833 bits per heavy atom. The second kappa shape index (κ2) is 13.2. The number of rotatable bonds is 13. The summed E-state index contributed by atoms with van der Waals surface area (Å²) in [5.74, 6) is -2.05. The van der Waals surface area contributed by atoms with Gasteiger partial charge in [0.2, 0.25) is 11.8 Å². The minimum Gasteiger partial charge on any atom is -0.481 e. The highest BCUT2D eigenvalue weighted by atomic mass is 16.4. The molecule has 7 heteroatoms. The fraction of sp³-hybridized carbons (Fsp3) is 0.276. The van der Waals surface area contributed by atoms with Crippen LogP contribution in [0, 0.1) is 0 Å². The van der Waals surface area contributed by atoms with Gasteiger partial charge in [-0.2, -0.15) is 0 Å². The van der Waals surface area contributed by atoms with Crippen LogP contribution >= 0.6 is 0 Å². The number of carbonyl (C=O) groups is 3. The smallest absolute Gasteiger partial charge is 0.303 e. The zero-order valence-corrected chi connectivity index (χ0v) is 20.4. The van der Waals surface area contributed by atoms with E-state index in [4.69, 9.17) is 10.8 Å². The molecule has 3 aromatic rings. The van der Waals surface area contributed by atoms with Crippen LogP contribution in [-0.4, -0.2) is 41.5 Å². The molecule has 5 N–H and O–H groups in total. The molecule has 0 aliphatic rings. The van der Waals surface area contributed by atoms with Crippen molar-refractivity contribution >= 4 is 17.8 Å². The number of hydrogen-bond acceptors (Lipinski definition) is 4. The average Bonchev–Trinajstić information content (AvgIpc) is 2.89. The van der Waals surface area contributed by atoms with Crippen LogP contribution in [0.4, 0.5) is 0 Å². The van der Waals surface area contributed by atoms with E-state index in [1.165, 1.54) is 23.6 Å². The number of nitrogens with two attached hydrogens (primary N) is 1. The zero-order chi connectivity index (χ0) is 25.9. The third kappa shape index (κ3) is 8.06. The summed E-state index contributed by atoms with van der Waals surface area (Å²) < 4.78 is 0. The van der Waals surface area contributed by atoms with Crippen molar-refractivity contribution in [3.05, 3.63) is 84.4 Å². The van der Waals surface area contributed by atoms with Gasteiger partial charge >= 0.3 is 5.97 Å². The molecule has 188 valence electrons. The second-order valence-corrected chi connectivity index (χ2v) is 8.82. The van der Waals surface area contributed by atoms with E-state index in [9.17, 15) is 14.4 Å². The van der Waals surface area contributed by atoms with Crippen LogP contribution in [0.2, 0.25) is 0 Å². The van der Waals surface area contributed by atoms with Gasteiger partial charge in [-0.1, -0.05) is 78.9 Å². The lowest BCUT2D eigenvalue weighted by atomic mass is 9.99. The van der Waals surface area contributed by atoms with E-state index in [1.807, 2.05) is 18.2 Å². The van der Waals surface area contributed by atoms with E-state index in [1.54, 1.807) is 0 Å². The Balaban J connectivity index is 1.50. The Kier molecular flexibility index (Phi) is 9.77. The molecular weight excluding hydrogens is 454 g/mol. The number of carbonyl (C=O) groups excluding carboxylic acids is 2. The fourth-order valence-electron chi connectivity index (χ4n) is 3.90. The normalized spacial score (nSPS) is 12.5. The molecule has 3 rings (SSSR count). The maximum Gasteiger partial charge on any atom is 0.303 e. The second-order valence-electron chi connectivity index (χ2n) is 8.82. The highest BCUT2D eigenvalue weighted by Gasteiger charge is 2.22. The van der Waals surface area contributed by atoms with Crippen LogP contribution in [0.25, 0.3) is 22.3 Å². The summed E-state index contributed by atoms with van der Waals surface area (Å²) in [6.07, 6.45) is 1.56. The Bertz CT molecular complexity index is 1150. The van der Waals surface area contributed by atoms with Crippen molar-refractivity contribution in [3.8, 4) is 22.3 Å². The number of nitrogens with one attached hydrogen (secondary N) is 2. The summed E-state index contributed by atoms with van der Waals surface area (Å²) in [6, 6.07) is 25.7. The molecule has 0 heterocycles. The van der Waals surface area contributed by atoms with E-state index >= 15 is 0 Å². The van der Waals surface area contributed by atoms with Gasteiger partial charge < -0.3 is 21.5 Å². The van der Waals surface area contributed by atoms with Gasteiger partial charge in [-0.15, -0.1) is 0 Å². The Hall–Kier alpha value is -3.97. The van der Waals surface area contributed by atoms with Crippen LogP contribution in [0.3, 0.4) is 0 Å². The standard InChI is InChI=1S/C29H33N3O4/c1-20(28(30)35)32-29(36)26(17-18-27(33)34)31-19-5-6-21-9-11-23(12-10-21)25-15-13-24(14-16-25)22-7-3-2-4-8-22/h2-4,7-16,20,26,31H,5-6,17-19H2,1H3,(H2,30,35)(H,32,36)(H,33,34). The number of benzene rings is 3. The lowest BCUT2D eigenvalue weighted by Gasteiger charge is -2.19. The van der Waals surface area contributed by atoms with Crippen molar-refractivity contribution in [2.75, 3.05) is 6.54 Å². The van der Waals surface area contributed by atoms with E-state index < -0.39 is 29.9 Å². The third-order valence-corrected chi connectivity index (χ3v) is 6.06. The largest absolute Gasteiger partial charge is 0.481 e. The molecule has 2 atom stereocenters. The Morgan fingerprint density at radius 2 is 1.36 bits per heavy atom. The maximum absolute atomic E-state index is 12.4. The average molecular weight is 488 g/mol. The topological polar surface area (TPSA) is 122 Å². The molecule has 2 amide bonds.